The Balaban J connectivity index is 1.88. The number of amides is 2. The Bertz CT molecular complexity index is 1220. The van der Waals surface area contributed by atoms with Crippen molar-refractivity contribution in [1.82, 2.24) is 20.0 Å². The highest BCUT2D eigenvalue weighted by Crippen LogP contribution is 2.49. The van der Waals surface area contributed by atoms with Gasteiger partial charge in [0.2, 0.25) is 11.8 Å². The number of aromatic nitrogens is 2. The number of carbonyl (C=O) groups is 2. The molecule has 0 radical (unpaired) electrons. The molecule has 0 aliphatic carbocycles. The summed E-state index contributed by atoms with van der Waals surface area (Å²) in [6.07, 6.45) is 0. The number of benzene rings is 1. The predicted molar refractivity (Wildman–Crippen MR) is 145 cm³/mol. The van der Waals surface area contributed by atoms with Crippen LogP contribution in [0.15, 0.2) is 41.8 Å². The van der Waals surface area contributed by atoms with Crippen LogP contribution >= 0.6 is 23.1 Å². The van der Waals surface area contributed by atoms with Crippen molar-refractivity contribution in [2.45, 2.75) is 31.4 Å². The third kappa shape index (κ3) is 5.66. The first-order chi connectivity index (χ1) is 17.1. The molecule has 192 valence electrons. The Morgan fingerprint density at radius 3 is 2.56 bits per heavy atom. The van der Waals surface area contributed by atoms with E-state index >= 15 is 0 Å². The zero-order valence-electron chi connectivity index (χ0n) is 21.2. The van der Waals surface area contributed by atoms with Crippen LogP contribution in [0.3, 0.4) is 0 Å². The maximum atomic E-state index is 13.8. The summed E-state index contributed by atoms with van der Waals surface area (Å²) < 4.78 is 15.5. The molecule has 1 aliphatic rings. The van der Waals surface area contributed by atoms with Crippen molar-refractivity contribution in [3.63, 3.8) is 0 Å². The Morgan fingerprint density at radius 2 is 1.94 bits per heavy atom. The zero-order valence-corrected chi connectivity index (χ0v) is 22.9. The number of likely N-dealkylation sites (N-methyl/N-ethyl adjacent to an activating group) is 1. The molecule has 3 heterocycles. The minimum absolute atomic E-state index is 0.117. The third-order valence-corrected chi connectivity index (χ3v) is 8.18. The topological polar surface area (TPSA) is 70.5 Å². The largest absolute Gasteiger partial charge is 0.353 e. The van der Waals surface area contributed by atoms with Gasteiger partial charge in [-0.2, -0.15) is 5.10 Å². The fraction of sp³-hybridized carbons (Fsp3) is 0.423. The van der Waals surface area contributed by atoms with Crippen molar-refractivity contribution in [2.75, 3.05) is 44.4 Å². The van der Waals surface area contributed by atoms with Crippen LogP contribution in [0.5, 0.6) is 0 Å². The van der Waals surface area contributed by atoms with Crippen LogP contribution < -0.4 is 10.2 Å². The van der Waals surface area contributed by atoms with Crippen molar-refractivity contribution in [1.29, 1.82) is 0 Å². The molecule has 2 aromatic heterocycles. The number of thiophene rings is 1. The Labute approximate surface area is 219 Å². The quantitative estimate of drug-likeness (QED) is 0.496. The monoisotopic (exact) mass is 529 g/mol. The van der Waals surface area contributed by atoms with Crippen molar-refractivity contribution in [2.24, 2.45) is 0 Å². The van der Waals surface area contributed by atoms with Gasteiger partial charge in [-0.3, -0.25) is 14.5 Å². The number of rotatable bonds is 7. The van der Waals surface area contributed by atoms with Gasteiger partial charge in [-0.15, -0.1) is 23.1 Å². The minimum atomic E-state index is -0.353. The van der Waals surface area contributed by atoms with Crippen LogP contribution in [0.1, 0.15) is 42.2 Å². The molecule has 3 aromatic rings. The van der Waals surface area contributed by atoms with Gasteiger partial charge in [0.25, 0.3) is 0 Å². The second-order valence-electron chi connectivity index (χ2n) is 10.1. The number of hydrogen-bond donors (Lipinski definition) is 1. The second-order valence-corrected chi connectivity index (χ2v) is 12.1. The number of anilines is 1. The number of thioether (sulfide) groups is 1. The van der Waals surface area contributed by atoms with E-state index in [0.29, 0.717) is 24.6 Å². The highest BCUT2D eigenvalue weighted by molar-refractivity contribution is 8.00. The molecule has 0 saturated heterocycles. The highest BCUT2D eigenvalue weighted by Gasteiger charge is 2.40. The first-order valence-corrected chi connectivity index (χ1v) is 13.7. The van der Waals surface area contributed by atoms with Crippen molar-refractivity contribution in [3.8, 4) is 5.69 Å². The summed E-state index contributed by atoms with van der Waals surface area (Å²) >= 11 is 3.19. The van der Waals surface area contributed by atoms with Gasteiger partial charge >= 0.3 is 0 Å². The average Bonchev–Trinajstić information content (AvgIpc) is 3.44. The molecule has 1 N–H and O–H groups in total. The van der Waals surface area contributed by atoms with E-state index in [0.717, 1.165) is 16.1 Å². The fourth-order valence-electron chi connectivity index (χ4n) is 4.12. The van der Waals surface area contributed by atoms with Gasteiger partial charge in [0.1, 0.15) is 18.2 Å². The Kier molecular flexibility index (Phi) is 7.87. The number of nitrogens with zero attached hydrogens (tertiary/aromatic N) is 4. The Hall–Kier alpha value is -2.69. The van der Waals surface area contributed by atoms with E-state index in [4.69, 9.17) is 5.10 Å². The molecule has 0 spiro atoms. The van der Waals surface area contributed by atoms with E-state index in [9.17, 15) is 14.0 Å². The first kappa shape index (κ1) is 26.4. The van der Waals surface area contributed by atoms with Gasteiger partial charge in [0, 0.05) is 28.9 Å². The fourth-order valence-corrected chi connectivity index (χ4v) is 6.29. The van der Waals surface area contributed by atoms with Crippen LogP contribution in [0.25, 0.3) is 5.69 Å². The number of nitrogens with one attached hydrogen (secondary N) is 1. The molecule has 2 amide bonds. The molecule has 10 heteroatoms. The molecule has 0 fully saturated rings. The molecule has 0 saturated carbocycles. The first-order valence-electron chi connectivity index (χ1n) is 11.8. The molecule has 1 aromatic carbocycles. The van der Waals surface area contributed by atoms with E-state index in [1.165, 1.54) is 12.1 Å². The van der Waals surface area contributed by atoms with E-state index in [-0.39, 0.29) is 40.6 Å². The molecular weight excluding hydrogens is 497 g/mol. The number of halogens is 1. The van der Waals surface area contributed by atoms with Crippen LogP contribution in [0.4, 0.5) is 10.2 Å². The van der Waals surface area contributed by atoms with Gasteiger partial charge in [-0.25, -0.2) is 9.07 Å². The summed E-state index contributed by atoms with van der Waals surface area (Å²) in [5.41, 5.74) is 2.07. The second kappa shape index (κ2) is 10.7. The summed E-state index contributed by atoms with van der Waals surface area (Å²) in [4.78, 5) is 31.1. The smallest absolute Gasteiger partial charge is 0.240 e. The SMILES string of the molecule is CN(C)CCNC(=O)CN1C(=O)CS[C@@H](c2cccs2)c2c(C(C)(C)C)nn(-c3ccc(F)cc3)c21. The molecule has 0 bridgehead atoms. The van der Waals surface area contributed by atoms with Crippen LogP contribution in [-0.4, -0.2) is 66.0 Å². The number of carbonyl (C=O) groups excluding carboxylic acids is 2. The summed E-state index contributed by atoms with van der Waals surface area (Å²) in [7, 11) is 3.88. The summed E-state index contributed by atoms with van der Waals surface area (Å²) in [5, 5.41) is 9.82. The molecule has 0 unspecified atom stereocenters. The summed E-state index contributed by atoms with van der Waals surface area (Å²) in [6.45, 7) is 7.33. The lowest BCUT2D eigenvalue weighted by Crippen LogP contribution is -2.43. The molecule has 36 heavy (non-hydrogen) atoms. The average molecular weight is 530 g/mol. The Morgan fingerprint density at radius 1 is 1.22 bits per heavy atom. The standard InChI is InChI=1S/C26H32FN5O2S2/c1-26(2,3)24-22-23(19-7-6-14-35-19)36-16-21(34)31(15-20(33)28-12-13-30(4)5)25(22)32(29-24)18-10-8-17(27)9-11-18/h6-11,14,23H,12-13,15-16H2,1-5H3,(H,28,33)/t23-/m0/s1. The lowest BCUT2D eigenvalue weighted by atomic mass is 9.88. The lowest BCUT2D eigenvalue weighted by molar-refractivity contribution is -0.122. The van der Waals surface area contributed by atoms with Crippen LogP contribution in [-0.2, 0) is 15.0 Å². The van der Waals surface area contributed by atoms with Crippen molar-refractivity contribution < 1.29 is 14.0 Å². The minimum Gasteiger partial charge on any atom is -0.353 e. The van der Waals surface area contributed by atoms with Gasteiger partial charge in [-0.05, 0) is 49.8 Å². The number of fused-ring (bicyclic) bond motifs is 1. The zero-order chi connectivity index (χ0) is 26.0. The third-order valence-electron chi connectivity index (χ3n) is 5.86. The molecule has 4 rings (SSSR count). The van der Waals surface area contributed by atoms with E-state index in [1.54, 1.807) is 44.8 Å². The maximum Gasteiger partial charge on any atom is 0.240 e. The number of hydrogen-bond acceptors (Lipinski definition) is 6. The molecule has 1 aliphatic heterocycles. The van der Waals surface area contributed by atoms with Crippen LogP contribution in [0.2, 0.25) is 0 Å². The van der Waals surface area contributed by atoms with Crippen molar-refractivity contribution in [3.05, 3.63) is 63.7 Å². The van der Waals surface area contributed by atoms with Crippen LogP contribution in [0, 0.1) is 5.82 Å². The predicted octanol–water partition coefficient (Wildman–Crippen LogP) is 4.22. The van der Waals surface area contributed by atoms with E-state index in [1.807, 2.05) is 30.4 Å². The summed E-state index contributed by atoms with van der Waals surface area (Å²) in [5.74, 6) is 0.0533. The van der Waals surface area contributed by atoms with Gasteiger partial charge in [0.15, 0.2) is 0 Å². The molecule has 1 atom stereocenters. The summed E-state index contributed by atoms with van der Waals surface area (Å²) in [6, 6.07) is 10.1. The normalized spacial score (nSPS) is 16.2. The van der Waals surface area contributed by atoms with E-state index in [2.05, 4.69) is 32.2 Å². The van der Waals surface area contributed by atoms with Gasteiger partial charge in [0.05, 0.1) is 22.4 Å². The van der Waals surface area contributed by atoms with Gasteiger partial charge in [-0.1, -0.05) is 26.8 Å². The van der Waals surface area contributed by atoms with Crippen molar-refractivity contribution >= 4 is 40.7 Å². The molecular formula is C26H32FN5O2S2. The highest BCUT2D eigenvalue weighted by atomic mass is 32.2. The van der Waals surface area contributed by atoms with Gasteiger partial charge < -0.3 is 10.2 Å². The molecule has 7 nitrogen and oxygen atoms in total. The lowest BCUT2D eigenvalue weighted by Gasteiger charge is -2.24. The van der Waals surface area contributed by atoms with E-state index < -0.39 is 0 Å². The maximum absolute atomic E-state index is 13.8.